The fourth-order valence-corrected chi connectivity index (χ4v) is 4.98. The largest absolute Gasteiger partial charge is 0.465 e. The third kappa shape index (κ3) is 9.08. The van der Waals surface area contributed by atoms with Gasteiger partial charge in [-0.05, 0) is 73.0 Å². The summed E-state index contributed by atoms with van der Waals surface area (Å²) in [7, 11) is 0. The predicted octanol–water partition coefficient (Wildman–Crippen LogP) is 8.56. The highest BCUT2D eigenvalue weighted by Gasteiger charge is 2.30. The zero-order chi connectivity index (χ0) is 24.6. The van der Waals surface area contributed by atoms with E-state index in [9.17, 15) is 4.79 Å². The van der Waals surface area contributed by atoms with Gasteiger partial charge in [0, 0.05) is 18.8 Å². The Hall–Kier alpha value is -1.35. The number of carbonyl (C=O) groups excluding carboxylic acids is 1. The third-order valence-electron chi connectivity index (χ3n) is 7.60. The molecule has 2 atom stereocenters. The van der Waals surface area contributed by atoms with Crippen LogP contribution in [0.25, 0.3) is 0 Å². The van der Waals surface area contributed by atoms with Gasteiger partial charge in [0.25, 0.3) is 0 Å². The van der Waals surface area contributed by atoms with E-state index in [1.54, 1.807) is 0 Å². The van der Waals surface area contributed by atoms with Gasteiger partial charge in [0.1, 0.15) is 11.5 Å². The Balaban J connectivity index is 2.06. The Morgan fingerprint density at radius 1 is 1.00 bits per heavy atom. The molecule has 0 amide bonds. The van der Waals surface area contributed by atoms with Crippen LogP contribution in [0, 0.1) is 23.2 Å². The van der Waals surface area contributed by atoms with Crippen molar-refractivity contribution in [3.63, 3.8) is 0 Å². The standard InChI is InChI=1S/C30H50O3/c1-9-28(31)24-13-17-26(18-14-24)33-29(20-30(7,8)10-2)32-25-15-11-23(12-16-25)27(22(5)6)19-21(3)4/h11-12,15-16,21-22,24,26-27,29H,9-10,13-14,17-20H2,1-8H3. The quantitative estimate of drug-likeness (QED) is 0.278. The van der Waals surface area contributed by atoms with Crippen LogP contribution in [0.15, 0.2) is 24.3 Å². The summed E-state index contributed by atoms with van der Waals surface area (Å²) >= 11 is 0. The molecule has 0 heterocycles. The van der Waals surface area contributed by atoms with E-state index < -0.39 is 0 Å². The highest BCUT2D eigenvalue weighted by atomic mass is 16.7. The topological polar surface area (TPSA) is 35.5 Å². The lowest BCUT2D eigenvalue weighted by Gasteiger charge is -2.34. The Labute approximate surface area is 204 Å². The molecule has 0 saturated heterocycles. The van der Waals surface area contributed by atoms with Crippen molar-refractivity contribution in [2.75, 3.05) is 0 Å². The number of benzene rings is 1. The summed E-state index contributed by atoms with van der Waals surface area (Å²) in [4.78, 5) is 12.1. The molecule has 1 aliphatic carbocycles. The summed E-state index contributed by atoms with van der Waals surface area (Å²) in [6.45, 7) is 18.0. The number of rotatable bonds is 13. The average Bonchev–Trinajstić information content (AvgIpc) is 2.77. The van der Waals surface area contributed by atoms with Crippen LogP contribution in [-0.4, -0.2) is 18.2 Å². The average molecular weight is 459 g/mol. The molecule has 0 spiro atoms. The molecule has 3 nitrogen and oxygen atoms in total. The molecule has 3 heteroatoms. The highest BCUT2D eigenvalue weighted by Crippen LogP contribution is 2.35. The van der Waals surface area contributed by atoms with Gasteiger partial charge in [-0.3, -0.25) is 4.79 Å². The van der Waals surface area contributed by atoms with Crippen molar-refractivity contribution in [1.82, 2.24) is 0 Å². The maximum absolute atomic E-state index is 12.1. The van der Waals surface area contributed by atoms with Crippen molar-refractivity contribution in [2.24, 2.45) is 23.2 Å². The zero-order valence-electron chi connectivity index (χ0n) is 22.7. The van der Waals surface area contributed by atoms with Crippen LogP contribution in [0.3, 0.4) is 0 Å². The number of ether oxygens (including phenoxy) is 2. The lowest BCUT2D eigenvalue weighted by molar-refractivity contribution is -0.149. The van der Waals surface area contributed by atoms with Crippen molar-refractivity contribution >= 4 is 5.78 Å². The molecule has 2 unspecified atom stereocenters. The summed E-state index contributed by atoms with van der Waals surface area (Å²) in [5, 5.41) is 0. The Morgan fingerprint density at radius 3 is 2.09 bits per heavy atom. The molecule has 1 aliphatic rings. The predicted molar refractivity (Wildman–Crippen MR) is 139 cm³/mol. The van der Waals surface area contributed by atoms with Gasteiger partial charge in [0.15, 0.2) is 0 Å². The normalized spacial score (nSPS) is 21.3. The molecule has 1 aromatic carbocycles. The number of ketones is 1. The summed E-state index contributed by atoms with van der Waals surface area (Å²) < 4.78 is 13.0. The minimum absolute atomic E-state index is 0.153. The van der Waals surface area contributed by atoms with E-state index in [0.717, 1.165) is 44.3 Å². The Morgan fingerprint density at radius 2 is 1.61 bits per heavy atom. The van der Waals surface area contributed by atoms with Gasteiger partial charge in [-0.2, -0.15) is 0 Å². The van der Waals surface area contributed by atoms with Crippen LogP contribution >= 0.6 is 0 Å². The summed E-state index contributed by atoms with van der Waals surface area (Å²) in [6, 6.07) is 8.73. The van der Waals surface area contributed by atoms with Crippen LogP contribution < -0.4 is 4.74 Å². The number of hydrogen-bond acceptors (Lipinski definition) is 3. The molecule has 1 saturated carbocycles. The molecule has 0 radical (unpaired) electrons. The van der Waals surface area contributed by atoms with Crippen LogP contribution in [0.1, 0.15) is 118 Å². The third-order valence-corrected chi connectivity index (χ3v) is 7.60. The minimum atomic E-state index is -0.259. The van der Waals surface area contributed by atoms with E-state index in [2.05, 4.69) is 72.7 Å². The molecule has 0 bridgehead atoms. The van der Waals surface area contributed by atoms with Gasteiger partial charge in [-0.1, -0.05) is 73.9 Å². The van der Waals surface area contributed by atoms with Gasteiger partial charge in [-0.25, -0.2) is 0 Å². The van der Waals surface area contributed by atoms with E-state index in [0.29, 0.717) is 30.0 Å². The molecule has 33 heavy (non-hydrogen) atoms. The Bertz CT molecular complexity index is 696. The van der Waals surface area contributed by atoms with E-state index in [4.69, 9.17) is 9.47 Å². The van der Waals surface area contributed by atoms with E-state index >= 15 is 0 Å². The van der Waals surface area contributed by atoms with Crippen molar-refractivity contribution in [3.05, 3.63) is 29.8 Å². The van der Waals surface area contributed by atoms with Gasteiger partial charge in [0.2, 0.25) is 6.29 Å². The number of hydrogen-bond donors (Lipinski definition) is 0. The summed E-state index contributed by atoms with van der Waals surface area (Å²) in [5.74, 6) is 3.41. The molecule has 0 aliphatic heterocycles. The highest BCUT2D eigenvalue weighted by molar-refractivity contribution is 5.80. The monoisotopic (exact) mass is 458 g/mol. The van der Waals surface area contributed by atoms with Gasteiger partial charge in [-0.15, -0.1) is 0 Å². The van der Waals surface area contributed by atoms with Crippen molar-refractivity contribution in [1.29, 1.82) is 0 Å². The van der Waals surface area contributed by atoms with Gasteiger partial charge in [0.05, 0.1) is 6.10 Å². The van der Waals surface area contributed by atoms with E-state index in [1.165, 1.54) is 12.0 Å². The smallest absolute Gasteiger partial charge is 0.200 e. The summed E-state index contributed by atoms with van der Waals surface area (Å²) in [6.07, 6.45) is 7.52. The van der Waals surface area contributed by atoms with Gasteiger partial charge < -0.3 is 9.47 Å². The minimum Gasteiger partial charge on any atom is -0.465 e. The first-order chi connectivity index (χ1) is 15.5. The number of Topliss-reactive ketones (excluding diaryl/α,β-unsaturated/α-hetero) is 1. The summed E-state index contributed by atoms with van der Waals surface area (Å²) in [5.41, 5.74) is 1.55. The van der Waals surface area contributed by atoms with E-state index in [1.807, 2.05) is 6.92 Å². The second-order valence-corrected chi connectivity index (χ2v) is 11.7. The fraction of sp³-hybridized carbons (Fsp3) is 0.767. The first kappa shape index (κ1) is 27.9. The molecule has 188 valence electrons. The fourth-order valence-electron chi connectivity index (χ4n) is 4.98. The van der Waals surface area contributed by atoms with Crippen molar-refractivity contribution < 1.29 is 14.3 Å². The van der Waals surface area contributed by atoms with Crippen LogP contribution in [0.4, 0.5) is 0 Å². The molecular weight excluding hydrogens is 408 g/mol. The molecule has 1 fully saturated rings. The molecule has 0 aromatic heterocycles. The maximum Gasteiger partial charge on any atom is 0.200 e. The maximum atomic E-state index is 12.1. The lowest BCUT2D eigenvalue weighted by Crippen LogP contribution is -2.34. The van der Waals surface area contributed by atoms with Gasteiger partial charge >= 0.3 is 0 Å². The first-order valence-corrected chi connectivity index (χ1v) is 13.5. The molecule has 2 rings (SSSR count). The SMILES string of the molecule is CCC(=O)C1CCC(OC(CC(C)(C)CC)Oc2ccc(C(CC(C)C)C(C)C)cc2)CC1. The van der Waals surface area contributed by atoms with Crippen LogP contribution in [0.2, 0.25) is 0 Å². The van der Waals surface area contributed by atoms with Crippen molar-refractivity contribution in [2.45, 2.75) is 125 Å². The van der Waals surface area contributed by atoms with E-state index in [-0.39, 0.29) is 23.7 Å². The second-order valence-electron chi connectivity index (χ2n) is 11.7. The van der Waals surface area contributed by atoms with Crippen LogP contribution in [0.5, 0.6) is 5.75 Å². The lowest BCUT2D eigenvalue weighted by atomic mass is 9.82. The van der Waals surface area contributed by atoms with Crippen LogP contribution in [-0.2, 0) is 9.53 Å². The Kier molecular flexibility index (Phi) is 10.9. The van der Waals surface area contributed by atoms with Crippen molar-refractivity contribution in [3.8, 4) is 5.75 Å². The molecule has 1 aromatic rings. The first-order valence-electron chi connectivity index (χ1n) is 13.5. The zero-order valence-corrected chi connectivity index (χ0v) is 22.7. The number of carbonyl (C=O) groups is 1. The second kappa shape index (κ2) is 12.9. The molecule has 0 N–H and O–H groups in total. The molecular formula is C30H50O3.